The summed E-state index contributed by atoms with van der Waals surface area (Å²) in [6.45, 7) is 1.09. The van der Waals surface area contributed by atoms with Crippen molar-refractivity contribution >= 4 is 32.4 Å². The predicted octanol–water partition coefficient (Wildman–Crippen LogP) is 2.87. The van der Waals surface area contributed by atoms with Crippen LogP contribution in [0.4, 0.5) is 0 Å². The van der Waals surface area contributed by atoms with E-state index in [4.69, 9.17) is 11.6 Å². The number of hydrogen-bond acceptors (Lipinski definition) is 3. The van der Waals surface area contributed by atoms with Crippen LogP contribution in [0.5, 0.6) is 0 Å². The van der Waals surface area contributed by atoms with Gasteiger partial charge in [0.15, 0.2) is 0 Å². The first kappa shape index (κ1) is 14.8. The summed E-state index contributed by atoms with van der Waals surface area (Å²) in [5.41, 5.74) is 0. The fraction of sp³-hybridized carbons (Fsp3) is 0.400. The summed E-state index contributed by atoms with van der Waals surface area (Å²) >= 11 is 5.86. The van der Waals surface area contributed by atoms with Crippen molar-refractivity contribution in [3.63, 3.8) is 0 Å². The Bertz CT molecular complexity index is 735. The van der Waals surface area contributed by atoms with Crippen LogP contribution in [-0.4, -0.2) is 36.7 Å². The standard InChI is InChI=1S/C15H17ClN2O2S/c16-10-12-5-8-18(9-6-12)21(19,20)15-3-1-2-13-11-17-7-4-14(13)15/h1-4,7,11-12H,5-6,8-10H2. The first-order chi connectivity index (χ1) is 10.1. The fourth-order valence-electron chi connectivity index (χ4n) is 2.76. The number of rotatable bonds is 3. The van der Waals surface area contributed by atoms with Gasteiger partial charge in [-0.1, -0.05) is 12.1 Å². The number of nitrogens with zero attached hydrogens (tertiary/aromatic N) is 2. The van der Waals surface area contributed by atoms with E-state index >= 15 is 0 Å². The van der Waals surface area contributed by atoms with Crippen LogP contribution in [0.25, 0.3) is 10.8 Å². The van der Waals surface area contributed by atoms with Crippen LogP contribution in [0.2, 0.25) is 0 Å². The number of aromatic nitrogens is 1. The number of sulfonamides is 1. The number of halogens is 1. The average Bonchev–Trinajstić information content (AvgIpc) is 2.54. The Balaban J connectivity index is 1.98. The Morgan fingerprint density at radius 3 is 2.71 bits per heavy atom. The molecule has 6 heteroatoms. The van der Waals surface area contributed by atoms with E-state index in [1.54, 1.807) is 34.9 Å². The summed E-state index contributed by atoms with van der Waals surface area (Å²) < 4.78 is 27.3. The molecule has 0 atom stereocenters. The lowest BCUT2D eigenvalue weighted by Gasteiger charge is -2.30. The second-order valence-electron chi connectivity index (χ2n) is 5.35. The number of alkyl halides is 1. The zero-order valence-electron chi connectivity index (χ0n) is 11.6. The molecule has 0 bridgehead atoms. The van der Waals surface area contributed by atoms with Crippen molar-refractivity contribution in [2.24, 2.45) is 5.92 Å². The van der Waals surface area contributed by atoms with Gasteiger partial charge in [-0.05, 0) is 30.9 Å². The third-order valence-corrected chi connectivity index (χ3v) is 6.44. The minimum absolute atomic E-state index is 0.367. The van der Waals surface area contributed by atoms with Gasteiger partial charge in [-0.15, -0.1) is 11.6 Å². The molecule has 1 fully saturated rings. The minimum atomic E-state index is -3.46. The third kappa shape index (κ3) is 2.78. The van der Waals surface area contributed by atoms with Crippen molar-refractivity contribution in [1.82, 2.24) is 9.29 Å². The second kappa shape index (κ2) is 5.91. The van der Waals surface area contributed by atoms with E-state index in [2.05, 4.69) is 4.98 Å². The molecule has 4 nitrogen and oxygen atoms in total. The lowest BCUT2D eigenvalue weighted by atomic mass is 10.0. The van der Waals surface area contributed by atoms with Gasteiger partial charge >= 0.3 is 0 Å². The van der Waals surface area contributed by atoms with Crippen LogP contribution in [0, 0.1) is 5.92 Å². The maximum Gasteiger partial charge on any atom is 0.243 e. The van der Waals surface area contributed by atoms with Gasteiger partial charge in [0.2, 0.25) is 10.0 Å². The Labute approximate surface area is 129 Å². The quantitative estimate of drug-likeness (QED) is 0.816. The fourth-order valence-corrected chi connectivity index (χ4v) is 4.75. The Morgan fingerprint density at radius 2 is 2.00 bits per heavy atom. The van der Waals surface area contributed by atoms with Crippen molar-refractivity contribution in [2.75, 3.05) is 19.0 Å². The minimum Gasteiger partial charge on any atom is -0.264 e. The highest BCUT2D eigenvalue weighted by molar-refractivity contribution is 7.89. The zero-order valence-corrected chi connectivity index (χ0v) is 13.1. The van der Waals surface area contributed by atoms with E-state index in [-0.39, 0.29) is 0 Å². The summed E-state index contributed by atoms with van der Waals surface area (Å²) in [5.74, 6) is 1.03. The molecule has 0 spiro atoms. The monoisotopic (exact) mass is 324 g/mol. The van der Waals surface area contributed by atoms with Crippen LogP contribution in [-0.2, 0) is 10.0 Å². The topological polar surface area (TPSA) is 50.3 Å². The molecule has 1 saturated heterocycles. The Hall–Kier alpha value is -1.17. The lowest BCUT2D eigenvalue weighted by molar-refractivity contribution is 0.290. The molecule has 0 aliphatic carbocycles. The van der Waals surface area contributed by atoms with Gasteiger partial charge in [0.25, 0.3) is 0 Å². The van der Waals surface area contributed by atoms with Gasteiger partial charge in [0, 0.05) is 42.1 Å². The summed E-state index contributed by atoms with van der Waals surface area (Å²) in [4.78, 5) is 4.41. The van der Waals surface area contributed by atoms with Gasteiger partial charge in [0.1, 0.15) is 0 Å². The normalized spacial score (nSPS) is 18.1. The SMILES string of the molecule is O=S(=O)(c1cccc2cnccc12)N1CCC(CCl)CC1. The summed E-state index contributed by atoms with van der Waals surface area (Å²) in [6, 6.07) is 7.07. The first-order valence-electron chi connectivity index (χ1n) is 7.02. The van der Waals surface area contributed by atoms with Crippen molar-refractivity contribution < 1.29 is 8.42 Å². The highest BCUT2D eigenvalue weighted by atomic mass is 35.5. The highest BCUT2D eigenvalue weighted by Gasteiger charge is 2.30. The Morgan fingerprint density at radius 1 is 1.24 bits per heavy atom. The van der Waals surface area contributed by atoms with Crippen LogP contribution in [0.15, 0.2) is 41.6 Å². The van der Waals surface area contributed by atoms with E-state index in [0.29, 0.717) is 29.8 Å². The molecule has 112 valence electrons. The Kier molecular flexibility index (Phi) is 4.15. The van der Waals surface area contributed by atoms with Gasteiger partial charge in [0.05, 0.1) is 4.90 Å². The number of pyridine rings is 1. The summed E-state index contributed by atoms with van der Waals surface area (Å²) in [5, 5.41) is 1.57. The number of hydrogen-bond donors (Lipinski definition) is 0. The van der Waals surface area contributed by atoms with E-state index < -0.39 is 10.0 Å². The summed E-state index contributed by atoms with van der Waals surface area (Å²) in [7, 11) is -3.46. The molecule has 0 saturated carbocycles. The van der Waals surface area contributed by atoms with Gasteiger partial charge in [-0.2, -0.15) is 4.31 Å². The van der Waals surface area contributed by atoms with Crippen molar-refractivity contribution in [1.29, 1.82) is 0 Å². The van der Waals surface area contributed by atoms with E-state index in [9.17, 15) is 8.42 Å². The van der Waals surface area contributed by atoms with Gasteiger partial charge < -0.3 is 0 Å². The molecule has 0 amide bonds. The van der Waals surface area contributed by atoms with Crippen molar-refractivity contribution in [2.45, 2.75) is 17.7 Å². The number of benzene rings is 1. The van der Waals surface area contributed by atoms with Crippen LogP contribution in [0.1, 0.15) is 12.8 Å². The van der Waals surface area contributed by atoms with E-state index in [0.717, 1.165) is 23.6 Å². The number of piperidine rings is 1. The molecule has 1 aromatic carbocycles. The molecule has 1 aromatic heterocycles. The van der Waals surface area contributed by atoms with Crippen molar-refractivity contribution in [3.8, 4) is 0 Å². The molecular formula is C15H17ClN2O2S. The van der Waals surface area contributed by atoms with Crippen LogP contribution < -0.4 is 0 Å². The average molecular weight is 325 g/mol. The molecule has 21 heavy (non-hydrogen) atoms. The molecule has 2 heterocycles. The molecule has 2 aromatic rings. The van der Waals surface area contributed by atoms with Crippen LogP contribution in [0.3, 0.4) is 0 Å². The molecule has 3 rings (SSSR count). The molecule has 1 aliphatic heterocycles. The maximum atomic E-state index is 12.9. The molecular weight excluding hydrogens is 308 g/mol. The molecule has 0 N–H and O–H groups in total. The molecule has 0 radical (unpaired) electrons. The zero-order chi connectivity index (χ0) is 14.9. The largest absolute Gasteiger partial charge is 0.264 e. The first-order valence-corrected chi connectivity index (χ1v) is 8.99. The third-order valence-electron chi connectivity index (χ3n) is 4.05. The van der Waals surface area contributed by atoms with E-state index in [1.807, 2.05) is 6.07 Å². The molecule has 0 unspecified atom stereocenters. The lowest BCUT2D eigenvalue weighted by Crippen LogP contribution is -2.38. The maximum absolute atomic E-state index is 12.9. The predicted molar refractivity (Wildman–Crippen MR) is 83.9 cm³/mol. The van der Waals surface area contributed by atoms with Crippen molar-refractivity contribution in [3.05, 3.63) is 36.7 Å². The van der Waals surface area contributed by atoms with Crippen LogP contribution >= 0.6 is 11.6 Å². The van der Waals surface area contributed by atoms with Gasteiger partial charge in [-0.25, -0.2) is 8.42 Å². The van der Waals surface area contributed by atoms with Gasteiger partial charge in [-0.3, -0.25) is 4.98 Å². The summed E-state index contributed by atoms with van der Waals surface area (Å²) in [6.07, 6.45) is 4.97. The second-order valence-corrected chi connectivity index (χ2v) is 7.57. The molecule has 1 aliphatic rings. The number of fused-ring (bicyclic) bond motifs is 1. The van der Waals surface area contributed by atoms with E-state index in [1.165, 1.54) is 0 Å². The smallest absolute Gasteiger partial charge is 0.243 e. The highest BCUT2D eigenvalue weighted by Crippen LogP contribution is 2.28.